The van der Waals surface area contributed by atoms with Crippen LogP contribution in [0, 0.1) is 11.3 Å². The molecule has 0 bridgehead atoms. The van der Waals surface area contributed by atoms with Gasteiger partial charge in [0.05, 0.1) is 5.60 Å². The van der Waals surface area contributed by atoms with Gasteiger partial charge in [-0.25, -0.2) is 0 Å². The molecular formula is C17H36O. The van der Waals surface area contributed by atoms with Crippen LogP contribution in [0.4, 0.5) is 0 Å². The number of aliphatic hydroxyl groups is 1. The topological polar surface area (TPSA) is 20.2 Å². The van der Waals surface area contributed by atoms with Crippen molar-refractivity contribution in [2.75, 3.05) is 0 Å². The fourth-order valence-electron chi connectivity index (χ4n) is 2.81. The minimum Gasteiger partial charge on any atom is -0.390 e. The third-order valence-electron chi connectivity index (χ3n) is 4.16. The maximum absolute atomic E-state index is 11.1. The van der Waals surface area contributed by atoms with Gasteiger partial charge in [-0.2, -0.15) is 0 Å². The quantitative estimate of drug-likeness (QED) is 0.572. The normalized spacial score (nSPS) is 17.5. The second kappa shape index (κ2) is 8.19. The predicted octanol–water partition coefficient (Wildman–Crippen LogP) is 5.56. The molecule has 1 N–H and O–H groups in total. The van der Waals surface area contributed by atoms with Gasteiger partial charge in [-0.15, -0.1) is 0 Å². The summed E-state index contributed by atoms with van der Waals surface area (Å²) in [7, 11) is 0. The van der Waals surface area contributed by atoms with Crippen LogP contribution in [0.1, 0.15) is 92.9 Å². The van der Waals surface area contributed by atoms with E-state index in [1.54, 1.807) is 0 Å². The van der Waals surface area contributed by atoms with Gasteiger partial charge < -0.3 is 5.11 Å². The van der Waals surface area contributed by atoms with Crippen molar-refractivity contribution in [1.29, 1.82) is 0 Å². The fraction of sp³-hybridized carbons (Fsp3) is 1.00. The second-order valence-electron chi connectivity index (χ2n) is 7.16. The third kappa shape index (κ3) is 6.78. The molecule has 110 valence electrons. The molecule has 0 fully saturated rings. The molecule has 2 unspecified atom stereocenters. The van der Waals surface area contributed by atoms with Gasteiger partial charge in [-0.3, -0.25) is 0 Å². The van der Waals surface area contributed by atoms with Crippen LogP contribution in [-0.4, -0.2) is 10.7 Å². The predicted molar refractivity (Wildman–Crippen MR) is 81.9 cm³/mol. The Balaban J connectivity index is 4.67. The summed E-state index contributed by atoms with van der Waals surface area (Å²) in [5.74, 6) is 0.483. The van der Waals surface area contributed by atoms with E-state index in [1.807, 2.05) is 0 Å². The standard InChI is InChI=1S/C17H36O/c1-7-10-12-17(18,14-13-16(4,5)6)15(9-3)11-8-2/h15,18H,7-14H2,1-6H3. The summed E-state index contributed by atoms with van der Waals surface area (Å²) in [4.78, 5) is 0. The smallest absolute Gasteiger partial charge is 0.0675 e. The monoisotopic (exact) mass is 256 g/mol. The first-order valence-electron chi connectivity index (χ1n) is 8.01. The Bertz CT molecular complexity index is 204. The molecule has 0 saturated heterocycles. The van der Waals surface area contributed by atoms with E-state index in [9.17, 15) is 5.11 Å². The molecular weight excluding hydrogens is 220 g/mol. The van der Waals surface area contributed by atoms with Crippen molar-refractivity contribution in [2.45, 2.75) is 98.5 Å². The minimum atomic E-state index is -0.423. The molecule has 0 aliphatic rings. The Hall–Kier alpha value is -0.0400. The molecule has 18 heavy (non-hydrogen) atoms. The lowest BCUT2D eigenvalue weighted by Gasteiger charge is -2.38. The van der Waals surface area contributed by atoms with E-state index in [-0.39, 0.29) is 0 Å². The van der Waals surface area contributed by atoms with Gasteiger partial charge in [0.15, 0.2) is 0 Å². The van der Waals surface area contributed by atoms with E-state index in [1.165, 1.54) is 19.3 Å². The molecule has 0 aliphatic heterocycles. The van der Waals surface area contributed by atoms with Gasteiger partial charge in [0.1, 0.15) is 0 Å². The molecule has 0 aromatic rings. The summed E-state index contributed by atoms with van der Waals surface area (Å²) in [6.45, 7) is 13.5. The molecule has 0 aromatic heterocycles. The minimum absolute atomic E-state index is 0.324. The van der Waals surface area contributed by atoms with E-state index in [0.29, 0.717) is 11.3 Å². The zero-order valence-electron chi connectivity index (χ0n) is 13.7. The van der Waals surface area contributed by atoms with Crippen LogP contribution in [0.15, 0.2) is 0 Å². The van der Waals surface area contributed by atoms with Crippen molar-refractivity contribution in [3.05, 3.63) is 0 Å². The highest BCUT2D eigenvalue weighted by molar-refractivity contribution is 4.87. The zero-order chi connectivity index (χ0) is 14.2. The van der Waals surface area contributed by atoms with Gasteiger partial charge in [0.2, 0.25) is 0 Å². The van der Waals surface area contributed by atoms with Crippen molar-refractivity contribution in [2.24, 2.45) is 11.3 Å². The van der Waals surface area contributed by atoms with E-state index in [0.717, 1.165) is 32.1 Å². The lowest BCUT2D eigenvalue weighted by atomic mass is 9.73. The van der Waals surface area contributed by atoms with Crippen LogP contribution in [0.5, 0.6) is 0 Å². The van der Waals surface area contributed by atoms with Crippen LogP contribution in [0.2, 0.25) is 0 Å². The first-order valence-corrected chi connectivity index (χ1v) is 8.01. The summed E-state index contributed by atoms with van der Waals surface area (Å²) < 4.78 is 0. The van der Waals surface area contributed by atoms with E-state index in [4.69, 9.17) is 0 Å². The van der Waals surface area contributed by atoms with Crippen LogP contribution >= 0.6 is 0 Å². The highest BCUT2D eigenvalue weighted by Gasteiger charge is 2.35. The van der Waals surface area contributed by atoms with Crippen molar-refractivity contribution < 1.29 is 5.11 Å². The number of rotatable bonds is 9. The number of hydrogen-bond acceptors (Lipinski definition) is 1. The van der Waals surface area contributed by atoms with Crippen molar-refractivity contribution >= 4 is 0 Å². The lowest BCUT2D eigenvalue weighted by Crippen LogP contribution is -2.38. The molecule has 0 heterocycles. The van der Waals surface area contributed by atoms with Crippen LogP contribution in [-0.2, 0) is 0 Å². The van der Waals surface area contributed by atoms with E-state index in [2.05, 4.69) is 41.5 Å². The second-order valence-corrected chi connectivity index (χ2v) is 7.16. The molecule has 0 amide bonds. The molecule has 0 aliphatic carbocycles. The third-order valence-corrected chi connectivity index (χ3v) is 4.16. The van der Waals surface area contributed by atoms with Gasteiger partial charge >= 0.3 is 0 Å². The number of unbranched alkanes of at least 4 members (excludes halogenated alkanes) is 1. The highest BCUT2D eigenvalue weighted by Crippen LogP contribution is 2.37. The van der Waals surface area contributed by atoms with Crippen LogP contribution in [0.3, 0.4) is 0 Å². The van der Waals surface area contributed by atoms with Crippen LogP contribution in [0.25, 0.3) is 0 Å². The SMILES string of the molecule is CCCCC(O)(CCC(C)(C)C)C(CC)CCC. The largest absolute Gasteiger partial charge is 0.390 e. The van der Waals surface area contributed by atoms with Gasteiger partial charge in [0, 0.05) is 0 Å². The molecule has 0 radical (unpaired) electrons. The summed E-state index contributed by atoms with van der Waals surface area (Å²) >= 11 is 0. The van der Waals surface area contributed by atoms with Gasteiger partial charge in [0.25, 0.3) is 0 Å². The maximum Gasteiger partial charge on any atom is 0.0675 e. The average molecular weight is 256 g/mol. The summed E-state index contributed by atoms with van der Waals surface area (Å²) in [5.41, 5.74) is -0.0985. The summed E-state index contributed by atoms with van der Waals surface area (Å²) in [5, 5.41) is 11.1. The van der Waals surface area contributed by atoms with Crippen molar-refractivity contribution in [1.82, 2.24) is 0 Å². The Kier molecular flexibility index (Phi) is 8.18. The zero-order valence-corrected chi connectivity index (χ0v) is 13.7. The first kappa shape index (κ1) is 18.0. The Morgan fingerprint density at radius 3 is 1.89 bits per heavy atom. The van der Waals surface area contributed by atoms with Crippen molar-refractivity contribution in [3.63, 3.8) is 0 Å². The summed E-state index contributed by atoms with van der Waals surface area (Å²) in [6, 6.07) is 0. The Labute approximate surface area is 115 Å². The summed E-state index contributed by atoms with van der Waals surface area (Å²) in [6.07, 6.45) is 8.86. The maximum atomic E-state index is 11.1. The fourth-order valence-corrected chi connectivity index (χ4v) is 2.81. The molecule has 2 atom stereocenters. The molecule has 0 rings (SSSR count). The van der Waals surface area contributed by atoms with Crippen LogP contribution < -0.4 is 0 Å². The van der Waals surface area contributed by atoms with E-state index < -0.39 is 5.60 Å². The van der Waals surface area contributed by atoms with Crippen molar-refractivity contribution in [3.8, 4) is 0 Å². The number of hydrogen-bond donors (Lipinski definition) is 1. The molecule has 1 nitrogen and oxygen atoms in total. The Morgan fingerprint density at radius 1 is 0.889 bits per heavy atom. The highest BCUT2D eigenvalue weighted by atomic mass is 16.3. The first-order chi connectivity index (χ1) is 8.29. The van der Waals surface area contributed by atoms with E-state index >= 15 is 0 Å². The Morgan fingerprint density at radius 2 is 1.50 bits per heavy atom. The molecule has 0 spiro atoms. The average Bonchev–Trinajstić information content (AvgIpc) is 2.30. The molecule has 0 saturated carbocycles. The van der Waals surface area contributed by atoms with Gasteiger partial charge in [-0.05, 0) is 37.0 Å². The van der Waals surface area contributed by atoms with Gasteiger partial charge in [-0.1, -0.05) is 67.2 Å². The lowest BCUT2D eigenvalue weighted by molar-refractivity contribution is -0.0476. The molecule has 0 aromatic carbocycles. The molecule has 1 heteroatoms.